The van der Waals surface area contributed by atoms with E-state index in [-0.39, 0.29) is 0 Å². The van der Waals surface area contributed by atoms with Crippen LogP contribution in [0.4, 0.5) is 0 Å². The fraction of sp³-hybridized carbons (Fsp3) is 0.154. The van der Waals surface area contributed by atoms with Crippen LogP contribution in [0.1, 0.15) is 0 Å². The molecule has 3 aromatic rings. The molecule has 0 N–H and O–H groups in total. The Hall–Kier alpha value is -2.66. The van der Waals surface area contributed by atoms with Gasteiger partial charge in [-0.15, -0.1) is 0 Å². The first-order valence-corrected chi connectivity index (χ1v) is 15.6. The summed E-state index contributed by atoms with van der Waals surface area (Å²) in [5.74, 6) is 6.40. The SMILES string of the molecule is C(C#[C][Sn]([c]1ccccc1)([c]1ccccc1)[c]1ccccc1)#CN1CCOCC1. The molecular formula is C26H23NOSn. The van der Waals surface area contributed by atoms with Gasteiger partial charge >= 0.3 is 178 Å². The molecule has 0 aliphatic carbocycles. The minimum absolute atomic E-state index is 0.739. The molecule has 1 saturated heterocycles. The summed E-state index contributed by atoms with van der Waals surface area (Å²) in [4.78, 5) is 2.10. The molecule has 2 nitrogen and oxygen atoms in total. The molecule has 1 heterocycles. The summed E-state index contributed by atoms with van der Waals surface area (Å²) < 4.78 is 13.2. The third kappa shape index (κ3) is 4.51. The summed E-state index contributed by atoms with van der Waals surface area (Å²) in [6, 6.07) is 35.6. The van der Waals surface area contributed by atoms with E-state index in [1.165, 1.54) is 10.7 Å². The molecule has 0 saturated carbocycles. The molecule has 0 atom stereocenters. The second-order valence-corrected chi connectivity index (χ2v) is 16.9. The number of nitrogens with zero attached hydrogens (tertiary/aromatic N) is 1. The molecule has 3 aromatic carbocycles. The van der Waals surface area contributed by atoms with E-state index in [0.717, 1.165) is 26.3 Å². The van der Waals surface area contributed by atoms with Gasteiger partial charge in [0.2, 0.25) is 0 Å². The van der Waals surface area contributed by atoms with Gasteiger partial charge in [0.1, 0.15) is 0 Å². The quantitative estimate of drug-likeness (QED) is 0.417. The van der Waals surface area contributed by atoms with E-state index in [4.69, 9.17) is 4.74 Å². The van der Waals surface area contributed by atoms with Crippen molar-refractivity contribution in [2.45, 2.75) is 0 Å². The normalized spacial score (nSPS) is 13.6. The van der Waals surface area contributed by atoms with Crippen molar-refractivity contribution < 1.29 is 4.74 Å². The van der Waals surface area contributed by atoms with Gasteiger partial charge in [0.25, 0.3) is 0 Å². The molecule has 0 spiro atoms. The average Bonchev–Trinajstić information content (AvgIpc) is 2.82. The summed E-state index contributed by atoms with van der Waals surface area (Å²) in [7, 11) is 0. The van der Waals surface area contributed by atoms with Gasteiger partial charge in [0.05, 0.1) is 0 Å². The van der Waals surface area contributed by atoms with Crippen molar-refractivity contribution in [1.29, 1.82) is 0 Å². The molecule has 1 fully saturated rings. The van der Waals surface area contributed by atoms with Crippen molar-refractivity contribution in [3.05, 3.63) is 91.0 Å². The molecule has 4 rings (SSSR count). The molecular weight excluding hydrogens is 461 g/mol. The molecule has 1 aliphatic heterocycles. The number of hydrogen-bond donors (Lipinski definition) is 0. The van der Waals surface area contributed by atoms with Crippen LogP contribution < -0.4 is 10.7 Å². The van der Waals surface area contributed by atoms with Crippen molar-refractivity contribution >= 4 is 29.1 Å². The Bertz CT molecular complexity index is 940. The van der Waals surface area contributed by atoms with E-state index >= 15 is 0 Å². The zero-order chi connectivity index (χ0) is 19.8. The maximum absolute atomic E-state index is 5.40. The molecule has 142 valence electrons. The maximum atomic E-state index is 5.40. The first kappa shape index (κ1) is 19.6. The Morgan fingerprint density at radius 1 is 0.621 bits per heavy atom. The minimum atomic E-state index is -3.51. The Morgan fingerprint density at radius 2 is 1.07 bits per heavy atom. The van der Waals surface area contributed by atoms with E-state index in [1.54, 1.807) is 0 Å². The molecule has 0 bridgehead atoms. The Kier molecular flexibility index (Phi) is 6.57. The van der Waals surface area contributed by atoms with Crippen LogP contribution in [0, 0.1) is 21.8 Å². The van der Waals surface area contributed by atoms with Gasteiger partial charge in [-0.25, -0.2) is 0 Å². The topological polar surface area (TPSA) is 12.5 Å². The fourth-order valence-corrected chi connectivity index (χ4v) is 14.4. The van der Waals surface area contributed by atoms with E-state index in [2.05, 4.69) is 118 Å². The van der Waals surface area contributed by atoms with Gasteiger partial charge < -0.3 is 0 Å². The summed E-state index contributed by atoms with van der Waals surface area (Å²) >= 11 is -3.51. The van der Waals surface area contributed by atoms with Crippen molar-refractivity contribution in [2.75, 3.05) is 26.3 Å². The van der Waals surface area contributed by atoms with Crippen molar-refractivity contribution in [1.82, 2.24) is 4.90 Å². The van der Waals surface area contributed by atoms with Crippen LogP contribution in [0.15, 0.2) is 91.0 Å². The van der Waals surface area contributed by atoms with Crippen LogP contribution in [0.2, 0.25) is 0 Å². The van der Waals surface area contributed by atoms with Gasteiger partial charge in [0, 0.05) is 0 Å². The van der Waals surface area contributed by atoms with E-state index in [0.29, 0.717) is 0 Å². The molecule has 0 radical (unpaired) electrons. The van der Waals surface area contributed by atoms with E-state index < -0.39 is 18.4 Å². The number of benzene rings is 3. The summed E-state index contributed by atoms with van der Waals surface area (Å²) in [6.07, 6.45) is 0. The van der Waals surface area contributed by atoms with Gasteiger partial charge in [-0.05, 0) is 0 Å². The molecule has 0 amide bonds. The van der Waals surface area contributed by atoms with Crippen LogP contribution in [-0.4, -0.2) is 49.6 Å². The number of morpholine rings is 1. The zero-order valence-electron chi connectivity index (χ0n) is 16.3. The van der Waals surface area contributed by atoms with Gasteiger partial charge in [-0.3, -0.25) is 0 Å². The third-order valence-electron chi connectivity index (χ3n) is 5.16. The summed E-state index contributed by atoms with van der Waals surface area (Å²) in [5, 5.41) is 0. The van der Waals surface area contributed by atoms with Crippen LogP contribution in [0.5, 0.6) is 0 Å². The van der Waals surface area contributed by atoms with E-state index in [9.17, 15) is 0 Å². The van der Waals surface area contributed by atoms with Crippen LogP contribution in [-0.2, 0) is 4.74 Å². The second kappa shape index (κ2) is 9.70. The molecule has 29 heavy (non-hydrogen) atoms. The van der Waals surface area contributed by atoms with Crippen molar-refractivity contribution in [3.8, 4) is 21.8 Å². The predicted molar refractivity (Wildman–Crippen MR) is 122 cm³/mol. The van der Waals surface area contributed by atoms with Crippen molar-refractivity contribution in [3.63, 3.8) is 0 Å². The number of rotatable bonds is 3. The average molecular weight is 484 g/mol. The molecule has 0 unspecified atom stereocenters. The van der Waals surface area contributed by atoms with Gasteiger partial charge in [-0.1, -0.05) is 0 Å². The predicted octanol–water partition coefficient (Wildman–Crippen LogP) is 1.99. The Balaban J connectivity index is 1.85. The Morgan fingerprint density at radius 3 is 1.52 bits per heavy atom. The first-order valence-electron chi connectivity index (χ1n) is 9.92. The molecule has 3 heteroatoms. The molecule has 1 aliphatic rings. The fourth-order valence-electron chi connectivity index (χ4n) is 3.69. The summed E-state index contributed by atoms with van der Waals surface area (Å²) in [5.41, 5.74) is 0. The van der Waals surface area contributed by atoms with Crippen LogP contribution >= 0.6 is 0 Å². The zero-order valence-corrected chi connectivity index (χ0v) is 19.2. The molecule has 0 aromatic heterocycles. The monoisotopic (exact) mass is 485 g/mol. The van der Waals surface area contributed by atoms with Crippen molar-refractivity contribution in [2.24, 2.45) is 0 Å². The van der Waals surface area contributed by atoms with Gasteiger partial charge in [0.15, 0.2) is 0 Å². The third-order valence-corrected chi connectivity index (χ3v) is 16.9. The van der Waals surface area contributed by atoms with Gasteiger partial charge in [-0.2, -0.15) is 0 Å². The first-order chi connectivity index (χ1) is 14.4. The number of hydrogen-bond acceptors (Lipinski definition) is 2. The standard InChI is InChI=1S/C8H8NO.3C6H5.Sn/c1-2-3-4-9-5-7-10-8-6-9;3*1-2-4-6-5-3-1;/h5-8H2;3*1-5H;. The van der Waals surface area contributed by atoms with Crippen LogP contribution in [0.25, 0.3) is 0 Å². The van der Waals surface area contributed by atoms with Crippen LogP contribution in [0.3, 0.4) is 0 Å². The second-order valence-electron chi connectivity index (χ2n) is 6.93. The summed E-state index contributed by atoms with van der Waals surface area (Å²) in [6.45, 7) is 3.17. The Labute approximate surface area is 177 Å². The number of ether oxygens (including phenoxy) is 1. The van der Waals surface area contributed by atoms with E-state index in [1.807, 2.05) is 0 Å².